The predicted molar refractivity (Wildman–Crippen MR) is 119 cm³/mol. The zero-order valence-corrected chi connectivity index (χ0v) is 19.1. The smallest absolute Gasteiger partial charge is 0.267 e. The summed E-state index contributed by atoms with van der Waals surface area (Å²) in [5, 5.41) is -0.260. The Hall–Kier alpha value is -3.38. The molecular weight excluding hydrogens is 540 g/mol. The van der Waals surface area contributed by atoms with Crippen molar-refractivity contribution < 1.29 is 35.5 Å². The van der Waals surface area contributed by atoms with E-state index in [4.69, 9.17) is 23.2 Å². The average molecular weight is 553 g/mol. The van der Waals surface area contributed by atoms with Gasteiger partial charge >= 0.3 is 12.4 Å². The van der Waals surface area contributed by atoms with Crippen molar-refractivity contribution in [2.45, 2.75) is 18.3 Å². The van der Waals surface area contributed by atoms with Crippen LogP contribution in [0.25, 0.3) is 5.83 Å². The van der Waals surface area contributed by atoms with Gasteiger partial charge in [0.2, 0.25) is 5.95 Å². The summed E-state index contributed by atoms with van der Waals surface area (Å²) in [4.78, 5) is 19.7. The van der Waals surface area contributed by atoms with Gasteiger partial charge in [0, 0.05) is 18.0 Å². The molecule has 0 fully saturated rings. The second kappa shape index (κ2) is 10.7. The van der Waals surface area contributed by atoms with Gasteiger partial charge in [-0.1, -0.05) is 35.3 Å². The molecule has 14 heteroatoms. The van der Waals surface area contributed by atoms with Crippen molar-refractivity contribution in [2.24, 2.45) is 0 Å². The molecule has 5 nitrogen and oxygen atoms in total. The van der Waals surface area contributed by atoms with Crippen molar-refractivity contribution in [3.05, 3.63) is 93.2 Å². The monoisotopic (exact) mass is 552 g/mol. The minimum atomic E-state index is -5.14. The maximum atomic E-state index is 14.9. The summed E-state index contributed by atoms with van der Waals surface area (Å²) in [6.45, 7) is 0. The van der Waals surface area contributed by atoms with E-state index in [1.54, 1.807) is 0 Å². The van der Waals surface area contributed by atoms with Gasteiger partial charge in [0.25, 0.3) is 5.91 Å². The predicted octanol–water partition coefficient (Wildman–Crippen LogP) is 7.22. The molecule has 1 amide bonds. The van der Waals surface area contributed by atoms with Gasteiger partial charge in [0.05, 0.1) is 21.2 Å². The molecule has 36 heavy (non-hydrogen) atoms. The number of carbonyl (C=O) groups is 1. The molecule has 0 saturated heterocycles. The lowest BCUT2D eigenvalue weighted by Gasteiger charge is -2.19. The van der Waals surface area contributed by atoms with Crippen molar-refractivity contribution in [3.63, 3.8) is 0 Å². The Balaban J connectivity index is 1.96. The van der Waals surface area contributed by atoms with Gasteiger partial charge in [0.1, 0.15) is 11.7 Å². The van der Waals surface area contributed by atoms with Crippen molar-refractivity contribution in [3.8, 4) is 0 Å². The lowest BCUT2D eigenvalue weighted by atomic mass is 9.95. The van der Waals surface area contributed by atoms with E-state index in [0.29, 0.717) is 6.07 Å². The van der Waals surface area contributed by atoms with Crippen LogP contribution in [0.4, 0.5) is 36.7 Å². The molecule has 2 N–H and O–H groups in total. The van der Waals surface area contributed by atoms with Crippen LogP contribution in [0.15, 0.2) is 60.9 Å². The van der Waals surface area contributed by atoms with E-state index < -0.39 is 52.3 Å². The second-order valence-electron chi connectivity index (χ2n) is 7.12. The fraction of sp³-hybridized carbons (Fsp3) is 0.136. The lowest BCUT2D eigenvalue weighted by molar-refractivity contribution is -0.140. The highest BCUT2D eigenvalue weighted by atomic mass is 35.5. The molecule has 1 unspecified atom stereocenters. The number of amides is 1. The highest BCUT2D eigenvalue weighted by molar-refractivity contribution is 6.42. The van der Waals surface area contributed by atoms with Gasteiger partial charge in [-0.3, -0.25) is 15.6 Å². The van der Waals surface area contributed by atoms with E-state index >= 15 is 0 Å². The van der Waals surface area contributed by atoms with Crippen LogP contribution in [0, 0.1) is 0 Å². The third kappa shape index (κ3) is 6.64. The Labute approximate surface area is 208 Å². The van der Waals surface area contributed by atoms with E-state index in [0.717, 1.165) is 24.3 Å². The quantitative estimate of drug-likeness (QED) is 0.250. The van der Waals surface area contributed by atoms with Gasteiger partial charge in [-0.05, 0) is 42.0 Å². The number of hydrogen-bond donors (Lipinski definition) is 2. The number of nitrogens with zero attached hydrogens (tertiary/aromatic N) is 2. The first kappa shape index (κ1) is 27.2. The Morgan fingerprint density at radius 2 is 1.61 bits per heavy atom. The molecule has 2 aromatic carbocycles. The number of halogens is 9. The van der Waals surface area contributed by atoms with Crippen LogP contribution in [0.3, 0.4) is 0 Å². The summed E-state index contributed by atoms with van der Waals surface area (Å²) >= 11 is 11.5. The minimum Gasteiger partial charge on any atom is -0.267 e. The number of anilines is 1. The first-order valence-electron chi connectivity index (χ1n) is 9.71. The summed E-state index contributed by atoms with van der Waals surface area (Å²) in [5.41, 5.74) is 0.378. The SMILES string of the molecule is O=C(NNc1ncccn1)c1ccc(C(F)=CC(c2ccc(Cl)c(Cl)c2)C(F)(F)F)cc1C(F)(F)F. The number of rotatable bonds is 6. The van der Waals surface area contributed by atoms with Crippen LogP contribution in [0.1, 0.15) is 33.0 Å². The molecule has 0 aliphatic carbocycles. The number of allylic oxidation sites excluding steroid dienone is 1. The Morgan fingerprint density at radius 1 is 0.944 bits per heavy atom. The molecule has 1 atom stereocenters. The maximum absolute atomic E-state index is 14.9. The van der Waals surface area contributed by atoms with Crippen LogP contribution >= 0.6 is 23.2 Å². The largest absolute Gasteiger partial charge is 0.417 e. The van der Waals surface area contributed by atoms with Crippen molar-refractivity contribution in [2.75, 3.05) is 5.43 Å². The molecule has 0 aliphatic heterocycles. The summed E-state index contributed by atoms with van der Waals surface area (Å²) in [7, 11) is 0. The van der Waals surface area contributed by atoms with Gasteiger partial charge in [-0.2, -0.15) is 26.3 Å². The van der Waals surface area contributed by atoms with Gasteiger partial charge in [0.15, 0.2) is 0 Å². The number of aromatic nitrogens is 2. The van der Waals surface area contributed by atoms with Gasteiger partial charge in [-0.25, -0.2) is 14.4 Å². The molecular formula is C22H13Cl2F7N4O. The first-order valence-corrected chi connectivity index (χ1v) is 10.5. The second-order valence-corrected chi connectivity index (χ2v) is 7.93. The number of alkyl halides is 6. The third-order valence-corrected chi connectivity index (χ3v) is 5.41. The van der Waals surface area contributed by atoms with E-state index in [1.807, 2.05) is 5.43 Å². The average Bonchev–Trinajstić information content (AvgIpc) is 2.81. The van der Waals surface area contributed by atoms with E-state index in [2.05, 4.69) is 15.4 Å². The topological polar surface area (TPSA) is 66.9 Å². The summed E-state index contributed by atoms with van der Waals surface area (Å²) in [6.07, 6.45) is -7.42. The third-order valence-electron chi connectivity index (χ3n) is 4.67. The highest BCUT2D eigenvalue weighted by Gasteiger charge is 2.40. The minimum absolute atomic E-state index is 0.0391. The summed E-state index contributed by atoms with van der Waals surface area (Å²) < 4.78 is 96.7. The molecule has 0 radical (unpaired) electrons. The summed E-state index contributed by atoms with van der Waals surface area (Å²) in [5.74, 6) is -5.53. The van der Waals surface area contributed by atoms with Crippen LogP contribution in [-0.4, -0.2) is 22.1 Å². The summed E-state index contributed by atoms with van der Waals surface area (Å²) in [6, 6.07) is 6.00. The number of hydrogen-bond acceptors (Lipinski definition) is 4. The first-order chi connectivity index (χ1) is 16.8. The molecule has 3 aromatic rings. The fourth-order valence-corrected chi connectivity index (χ4v) is 3.30. The van der Waals surface area contributed by atoms with E-state index in [-0.39, 0.29) is 28.1 Å². The number of nitrogens with one attached hydrogen (secondary N) is 2. The van der Waals surface area contributed by atoms with Crippen molar-refractivity contribution >= 4 is 40.9 Å². The van der Waals surface area contributed by atoms with Gasteiger partial charge in [-0.15, -0.1) is 0 Å². The van der Waals surface area contributed by atoms with Crippen molar-refractivity contribution in [1.82, 2.24) is 15.4 Å². The molecule has 0 spiro atoms. The zero-order chi connectivity index (χ0) is 26.7. The lowest BCUT2D eigenvalue weighted by Crippen LogP contribution is -2.32. The van der Waals surface area contributed by atoms with Crippen LogP contribution in [0.2, 0.25) is 10.0 Å². The van der Waals surface area contributed by atoms with Crippen LogP contribution < -0.4 is 10.9 Å². The number of carbonyl (C=O) groups excluding carboxylic acids is 1. The normalized spacial score (nSPS) is 13.3. The van der Waals surface area contributed by atoms with Gasteiger partial charge < -0.3 is 0 Å². The van der Waals surface area contributed by atoms with E-state index in [9.17, 15) is 35.5 Å². The van der Waals surface area contributed by atoms with Crippen LogP contribution in [0.5, 0.6) is 0 Å². The molecule has 0 bridgehead atoms. The van der Waals surface area contributed by atoms with E-state index in [1.165, 1.54) is 18.5 Å². The Bertz CT molecular complexity index is 1280. The fourth-order valence-electron chi connectivity index (χ4n) is 3.00. The van der Waals surface area contributed by atoms with Crippen LogP contribution in [-0.2, 0) is 6.18 Å². The Kier molecular flexibility index (Phi) is 8.09. The number of hydrazine groups is 1. The molecule has 3 rings (SSSR count). The molecule has 190 valence electrons. The standard InChI is InChI=1S/C22H13Cl2F7N4O/c23-16-5-3-11(9-17(16)24)14(21(26,27)28)10-18(25)12-2-4-13(15(8-12)22(29,30)31)19(36)34-35-20-32-6-1-7-33-20/h1-10,14H,(H,34,36)(H,32,33,35). The highest BCUT2D eigenvalue weighted by Crippen LogP contribution is 2.41. The molecule has 1 heterocycles. The zero-order valence-electron chi connectivity index (χ0n) is 17.6. The molecule has 0 aliphatic rings. The van der Waals surface area contributed by atoms with Crippen molar-refractivity contribution in [1.29, 1.82) is 0 Å². The molecule has 0 saturated carbocycles. The molecule has 1 aromatic heterocycles. The number of benzene rings is 2. The maximum Gasteiger partial charge on any atom is 0.417 e. The Morgan fingerprint density at radius 3 is 2.19 bits per heavy atom.